The Morgan fingerprint density at radius 1 is 1.45 bits per heavy atom. The molecule has 1 aromatic rings. The van der Waals surface area contributed by atoms with Crippen molar-refractivity contribution in [1.29, 1.82) is 0 Å². The van der Waals surface area contributed by atoms with Crippen molar-refractivity contribution in [3.05, 3.63) is 18.0 Å². The maximum atomic E-state index is 4.27. The highest BCUT2D eigenvalue weighted by Crippen LogP contribution is 2.42. The first-order valence-electron chi connectivity index (χ1n) is 7.09. The molecule has 1 fully saturated rings. The molecule has 1 aromatic heterocycles. The van der Waals surface area contributed by atoms with Gasteiger partial charge in [-0.15, -0.1) is 24.0 Å². The summed E-state index contributed by atoms with van der Waals surface area (Å²) in [6.45, 7) is 4.07. The Morgan fingerprint density at radius 3 is 2.65 bits per heavy atom. The zero-order chi connectivity index (χ0) is 13.7. The van der Waals surface area contributed by atoms with Crippen LogP contribution in [0.5, 0.6) is 0 Å². The van der Waals surface area contributed by atoms with Gasteiger partial charge >= 0.3 is 0 Å². The van der Waals surface area contributed by atoms with E-state index >= 15 is 0 Å². The predicted molar refractivity (Wildman–Crippen MR) is 93.4 cm³/mol. The van der Waals surface area contributed by atoms with Crippen molar-refractivity contribution < 1.29 is 0 Å². The van der Waals surface area contributed by atoms with Crippen LogP contribution in [0.2, 0.25) is 0 Å². The zero-order valence-electron chi connectivity index (χ0n) is 12.6. The summed E-state index contributed by atoms with van der Waals surface area (Å²) in [7, 11) is 3.75. The monoisotopic (exact) mass is 391 g/mol. The summed E-state index contributed by atoms with van der Waals surface area (Å²) in [5, 5.41) is 10.9. The smallest absolute Gasteiger partial charge is 0.191 e. The highest BCUT2D eigenvalue weighted by Gasteiger charge is 2.34. The van der Waals surface area contributed by atoms with Crippen LogP contribution >= 0.6 is 24.0 Å². The van der Waals surface area contributed by atoms with E-state index in [1.165, 1.54) is 31.2 Å². The second-order valence-corrected chi connectivity index (χ2v) is 5.51. The van der Waals surface area contributed by atoms with Crippen LogP contribution in [0, 0.1) is 5.41 Å². The molecule has 20 heavy (non-hydrogen) atoms. The number of aryl methyl sites for hydroxylation is 1. The van der Waals surface area contributed by atoms with Crippen LogP contribution in [0.1, 0.15) is 38.2 Å². The highest BCUT2D eigenvalue weighted by molar-refractivity contribution is 14.0. The number of aromatic nitrogens is 2. The lowest BCUT2D eigenvalue weighted by Gasteiger charge is -2.41. The van der Waals surface area contributed by atoms with Crippen LogP contribution in [0.3, 0.4) is 0 Å². The molecule has 1 aliphatic rings. The van der Waals surface area contributed by atoms with E-state index in [4.69, 9.17) is 0 Å². The third kappa shape index (κ3) is 4.36. The van der Waals surface area contributed by atoms with E-state index in [9.17, 15) is 0 Å². The molecule has 1 aliphatic carbocycles. The van der Waals surface area contributed by atoms with Crippen molar-refractivity contribution in [3.63, 3.8) is 0 Å². The molecule has 0 bridgehead atoms. The van der Waals surface area contributed by atoms with Crippen molar-refractivity contribution in [3.8, 4) is 0 Å². The van der Waals surface area contributed by atoms with Crippen LogP contribution < -0.4 is 10.6 Å². The summed E-state index contributed by atoms with van der Waals surface area (Å²) < 4.78 is 1.81. The Kier molecular flexibility index (Phi) is 6.78. The standard InChI is InChI=1S/C14H25N5.HI/c1-4-14(6-5-7-14)11-17-13(15-2)16-8-12-9-18-19(3)10-12;/h9-10H,4-8,11H2,1-3H3,(H2,15,16,17);1H. The number of hydrogen-bond acceptors (Lipinski definition) is 2. The van der Waals surface area contributed by atoms with E-state index in [0.29, 0.717) is 5.41 Å². The van der Waals surface area contributed by atoms with Crippen molar-refractivity contribution in [2.24, 2.45) is 17.5 Å². The van der Waals surface area contributed by atoms with Gasteiger partial charge in [-0.05, 0) is 24.7 Å². The van der Waals surface area contributed by atoms with Gasteiger partial charge in [0.1, 0.15) is 0 Å². The molecule has 2 rings (SSSR count). The Balaban J connectivity index is 0.00000200. The fourth-order valence-corrected chi connectivity index (χ4v) is 2.57. The molecule has 0 spiro atoms. The van der Waals surface area contributed by atoms with Gasteiger partial charge in [0.25, 0.3) is 0 Å². The number of guanidine groups is 1. The molecule has 0 unspecified atom stereocenters. The van der Waals surface area contributed by atoms with Crippen LogP contribution in [0.25, 0.3) is 0 Å². The van der Waals surface area contributed by atoms with Crippen LogP contribution in [-0.2, 0) is 13.6 Å². The minimum atomic E-state index is 0. The van der Waals surface area contributed by atoms with Crippen LogP contribution in [-0.4, -0.2) is 29.3 Å². The minimum Gasteiger partial charge on any atom is -0.356 e. The third-order valence-corrected chi connectivity index (χ3v) is 4.24. The summed E-state index contributed by atoms with van der Waals surface area (Å²) >= 11 is 0. The molecule has 114 valence electrons. The van der Waals surface area contributed by atoms with Crippen molar-refractivity contribution in [2.75, 3.05) is 13.6 Å². The van der Waals surface area contributed by atoms with E-state index in [-0.39, 0.29) is 24.0 Å². The normalized spacial score (nSPS) is 17.1. The van der Waals surface area contributed by atoms with Gasteiger partial charge < -0.3 is 10.6 Å². The molecule has 1 heterocycles. The summed E-state index contributed by atoms with van der Waals surface area (Å²) in [6, 6.07) is 0. The first-order valence-corrected chi connectivity index (χ1v) is 7.09. The highest BCUT2D eigenvalue weighted by atomic mass is 127. The average Bonchev–Trinajstić information content (AvgIpc) is 2.78. The lowest BCUT2D eigenvalue weighted by Crippen LogP contribution is -2.46. The van der Waals surface area contributed by atoms with E-state index in [0.717, 1.165) is 19.0 Å². The number of rotatable bonds is 5. The SMILES string of the molecule is CCC1(CNC(=NC)NCc2cnn(C)c2)CCC1.I. The van der Waals surface area contributed by atoms with Crippen molar-refractivity contribution in [2.45, 2.75) is 39.2 Å². The number of nitrogens with one attached hydrogen (secondary N) is 2. The maximum absolute atomic E-state index is 4.27. The molecule has 6 heteroatoms. The quantitative estimate of drug-likeness (QED) is 0.460. The number of hydrogen-bond donors (Lipinski definition) is 2. The molecule has 0 saturated heterocycles. The van der Waals surface area contributed by atoms with Gasteiger partial charge in [0.05, 0.1) is 6.20 Å². The molecule has 1 saturated carbocycles. The molecule has 0 radical (unpaired) electrons. The van der Waals surface area contributed by atoms with E-state index in [2.05, 4.69) is 27.6 Å². The van der Waals surface area contributed by atoms with Gasteiger partial charge in [-0.25, -0.2) is 0 Å². The van der Waals surface area contributed by atoms with Gasteiger partial charge in [0.15, 0.2) is 5.96 Å². The average molecular weight is 391 g/mol. The van der Waals surface area contributed by atoms with E-state index in [1.54, 1.807) is 0 Å². The Hall–Kier alpha value is -0.790. The van der Waals surface area contributed by atoms with E-state index < -0.39 is 0 Å². The molecule has 0 atom stereocenters. The molecular weight excluding hydrogens is 365 g/mol. The molecule has 5 nitrogen and oxygen atoms in total. The lowest BCUT2D eigenvalue weighted by molar-refractivity contribution is 0.131. The van der Waals surface area contributed by atoms with Crippen molar-refractivity contribution in [1.82, 2.24) is 20.4 Å². The van der Waals surface area contributed by atoms with Gasteiger partial charge in [-0.3, -0.25) is 9.67 Å². The zero-order valence-corrected chi connectivity index (χ0v) is 15.0. The predicted octanol–water partition coefficient (Wildman–Crippen LogP) is 2.28. The summed E-state index contributed by atoms with van der Waals surface area (Å²) in [5.74, 6) is 0.878. The first kappa shape index (κ1) is 17.3. The first-order chi connectivity index (χ1) is 9.17. The van der Waals surface area contributed by atoms with Gasteiger partial charge in [0.2, 0.25) is 0 Å². The largest absolute Gasteiger partial charge is 0.356 e. The molecule has 0 amide bonds. The lowest BCUT2D eigenvalue weighted by atomic mass is 9.67. The fraction of sp³-hybridized carbons (Fsp3) is 0.714. The third-order valence-electron chi connectivity index (χ3n) is 4.24. The van der Waals surface area contributed by atoms with Crippen molar-refractivity contribution >= 4 is 29.9 Å². The second kappa shape index (κ2) is 7.85. The number of nitrogens with zero attached hydrogens (tertiary/aromatic N) is 3. The molecular formula is C14H26IN5. The minimum absolute atomic E-state index is 0. The van der Waals surface area contributed by atoms with Gasteiger partial charge in [-0.2, -0.15) is 5.10 Å². The van der Waals surface area contributed by atoms with Crippen LogP contribution in [0.15, 0.2) is 17.4 Å². The number of halogens is 1. The summed E-state index contributed by atoms with van der Waals surface area (Å²) in [4.78, 5) is 4.27. The summed E-state index contributed by atoms with van der Waals surface area (Å²) in [5.41, 5.74) is 1.67. The topological polar surface area (TPSA) is 54.2 Å². The molecule has 0 aliphatic heterocycles. The molecule has 2 N–H and O–H groups in total. The number of aliphatic imine (C=N–C) groups is 1. The van der Waals surface area contributed by atoms with Gasteiger partial charge in [0, 0.05) is 38.9 Å². The van der Waals surface area contributed by atoms with Gasteiger partial charge in [-0.1, -0.05) is 13.3 Å². The Morgan fingerprint density at radius 2 is 2.20 bits per heavy atom. The van der Waals surface area contributed by atoms with Crippen LogP contribution in [0.4, 0.5) is 0 Å². The molecule has 0 aromatic carbocycles. The van der Waals surface area contributed by atoms with E-state index in [1.807, 2.05) is 31.2 Å². The maximum Gasteiger partial charge on any atom is 0.191 e. The second-order valence-electron chi connectivity index (χ2n) is 5.51. The Labute approximate surface area is 138 Å². The fourth-order valence-electron chi connectivity index (χ4n) is 2.57. The Bertz CT molecular complexity index is 431. The summed E-state index contributed by atoms with van der Waals surface area (Å²) in [6.07, 6.45) is 9.20.